The Morgan fingerprint density at radius 1 is 0.960 bits per heavy atom. The fraction of sp³-hybridized carbons (Fsp3) is 0.227. The van der Waals surface area contributed by atoms with E-state index in [0.29, 0.717) is 13.0 Å². The highest BCUT2D eigenvalue weighted by Crippen LogP contribution is 2.25. The Balaban J connectivity index is 1.72. The van der Waals surface area contributed by atoms with E-state index in [-0.39, 0.29) is 5.91 Å². The third kappa shape index (κ3) is 4.38. The number of hydrogen-bond acceptors (Lipinski definition) is 2. The summed E-state index contributed by atoms with van der Waals surface area (Å²) in [7, 11) is 0. The van der Waals surface area contributed by atoms with Crippen molar-refractivity contribution < 1.29 is 9.53 Å². The van der Waals surface area contributed by atoms with Crippen LogP contribution in [-0.4, -0.2) is 12.5 Å². The van der Waals surface area contributed by atoms with Gasteiger partial charge in [-0.1, -0.05) is 67.9 Å². The minimum Gasteiger partial charge on any atom is -0.491 e. The fourth-order valence-corrected chi connectivity index (χ4v) is 2.84. The van der Waals surface area contributed by atoms with Gasteiger partial charge in [-0.25, -0.2) is 0 Å². The van der Waals surface area contributed by atoms with Gasteiger partial charge in [0.1, 0.15) is 5.75 Å². The second kappa shape index (κ2) is 8.34. The van der Waals surface area contributed by atoms with Crippen LogP contribution < -0.4 is 10.1 Å². The highest BCUT2D eigenvalue weighted by Gasteiger charge is 2.10. The van der Waals surface area contributed by atoms with Crippen LogP contribution >= 0.6 is 0 Å². The number of fused-ring (bicyclic) bond motifs is 1. The summed E-state index contributed by atoms with van der Waals surface area (Å²) in [6, 6.07) is 21.8. The number of para-hydroxylation sites is 2. The number of ether oxygens (including phenoxy) is 1. The van der Waals surface area contributed by atoms with Gasteiger partial charge in [0.15, 0.2) is 0 Å². The summed E-state index contributed by atoms with van der Waals surface area (Å²) in [5.41, 5.74) is 1.75. The van der Waals surface area contributed by atoms with Crippen molar-refractivity contribution in [2.45, 2.75) is 26.2 Å². The van der Waals surface area contributed by atoms with E-state index >= 15 is 0 Å². The minimum atomic E-state index is -0.0390. The van der Waals surface area contributed by atoms with Gasteiger partial charge in [0.05, 0.1) is 18.7 Å². The third-order valence-electron chi connectivity index (χ3n) is 4.15. The summed E-state index contributed by atoms with van der Waals surface area (Å²) in [6.07, 6.45) is 2.42. The Hall–Kier alpha value is -2.81. The minimum absolute atomic E-state index is 0.0390. The van der Waals surface area contributed by atoms with Gasteiger partial charge >= 0.3 is 0 Å². The van der Waals surface area contributed by atoms with Crippen LogP contribution in [0.15, 0.2) is 66.7 Å². The average Bonchev–Trinajstić information content (AvgIpc) is 2.64. The lowest BCUT2D eigenvalue weighted by Gasteiger charge is -2.13. The first-order valence-corrected chi connectivity index (χ1v) is 8.76. The molecule has 0 bridgehead atoms. The summed E-state index contributed by atoms with van der Waals surface area (Å²) in [6.45, 7) is 2.79. The van der Waals surface area contributed by atoms with E-state index in [0.717, 1.165) is 40.6 Å². The number of carbonyl (C=O) groups excluding carboxylic acids is 1. The zero-order valence-electron chi connectivity index (χ0n) is 14.5. The van der Waals surface area contributed by atoms with Crippen molar-refractivity contribution in [2.24, 2.45) is 0 Å². The molecule has 0 aliphatic rings. The first kappa shape index (κ1) is 17.0. The van der Waals surface area contributed by atoms with Gasteiger partial charge in [-0.05, 0) is 34.9 Å². The van der Waals surface area contributed by atoms with Crippen LogP contribution in [0.25, 0.3) is 10.8 Å². The quantitative estimate of drug-likeness (QED) is 0.604. The van der Waals surface area contributed by atoms with E-state index in [1.54, 1.807) is 0 Å². The maximum absolute atomic E-state index is 12.5. The van der Waals surface area contributed by atoms with Crippen LogP contribution in [0.1, 0.15) is 25.3 Å². The summed E-state index contributed by atoms with van der Waals surface area (Å²) in [5.74, 6) is 0.685. The second-order valence-electron chi connectivity index (χ2n) is 6.06. The molecule has 0 aliphatic heterocycles. The molecule has 0 saturated carbocycles. The molecule has 0 radical (unpaired) electrons. The monoisotopic (exact) mass is 333 g/mol. The van der Waals surface area contributed by atoms with Gasteiger partial charge in [0.2, 0.25) is 5.91 Å². The Labute approximate surface area is 148 Å². The molecular weight excluding hydrogens is 310 g/mol. The van der Waals surface area contributed by atoms with E-state index in [1.807, 2.05) is 48.5 Å². The third-order valence-corrected chi connectivity index (χ3v) is 4.15. The number of amides is 1. The number of unbranched alkanes of at least 4 members (excludes halogenated alkanes) is 1. The molecule has 25 heavy (non-hydrogen) atoms. The van der Waals surface area contributed by atoms with Crippen LogP contribution in [0, 0.1) is 0 Å². The number of hydrogen-bond donors (Lipinski definition) is 1. The molecule has 3 heteroatoms. The van der Waals surface area contributed by atoms with E-state index in [1.165, 1.54) is 0 Å². The maximum Gasteiger partial charge on any atom is 0.228 e. The molecule has 1 amide bonds. The van der Waals surface area contributed by atoms with Gasteiger partial charge in [0, 0.05) is 0 Å². The highest BCUT2D eigenvalue weighted by atomic mass is 16.5. The molecule has 3 aromatic carbocycles. The first-order chi connectivity index (χ1) is 12.3. The molecule has 3 rings (SSSR count). The number of rotatable bonds is 7. The van der Waals surface area contributed by atoms with Crippen molar-refractivity contribution in [3.05, 3.63) is 72.3 Å². The Bertz CT molecular complexity index is 852. The first-order valence-electron chi connectivity index (χ1n) is 8.76. The van der Waals surface area contributed by atoms with E-state index in [9.17, 15) is 4.79 Å². The standard InChI is InChI=1S/C22H23NO2/c1-2-3-15-25-21-14-7-6-13-20(21)23-22(24)16-18-11-8-10-17-9-4-5-12-19(17)18/h4-14H,2-3,15-16H2,1H3,(H,23,24). The molecule has 0 unspecified atom stereocenters. The van der Waals surface area contributed by atoms with Crippen molar-refractivity contribution in [3.63, 3.8) is 0 Å². The van der Waals surface area contributed by atoms with Gasteiger partial charge < -0.3 is 10.1 Å². The largest absolute Gasteiger partial charge is 0.491 e. The molecule has 128 valence electrons. The predicted molar refractivity (Wildman–Crippen MR) is 103 cm³/mol. The topological polar surface area (TPSA) is 38.3 Å². The fourth-order valence-electron chi connectivity index (χ4n) is 2.84. The number of anilines is 1. The summed E-state index contributed by atoms with van der Waals surface area (Å²) in [5, 5.41) is 5.25. The molecule has 0 aromatic heterocycles. The normalized spacial score (nSPS) is 10.6. The van der Waals surface area contributed by atoms with E-state index < -0.39 is 0 Å². The van der Waals surface area contributed by atoms with Crippen molar-refractivity contribution in [1.82, 2.24) is 0 Å². The van der Waals surface area contributed by atoms with Crippen LogP contribution in [0.2, 0.25) is 0 Å². The molecule has 0 saturated heterocycles. The van der Waals surface area contributed by atoms with Crippen molar-refractivity contribution >= 4 is 22.4 Å². The average molecular weight is 333 g/mol. The predicted octanol–water partition coefficient (Wildman–Crippen LogP) is 5.20. The lowest BCUT2D eigenvalue weighted by Crippen LogP contribution is -2.15. The summed E-state index contributed by atoms with van der Waals surface area (Å²) in [4.78, 5) is 12.5. The van der Waals surface area contributed by atoms with Crippen LogP contribution in [-0.2, 0) is 11.2 Å². The van der Waals surface area contributed by atoms with Gasteiger partial charge in [-0.2, -0.15) is 0 Å². The smallest absolute Gasteiger partial charge is 0.228 e. The SMILES string of the molecule is CCCCOc1ccccc1NC(=O)Cc1cccc2ccccc12. The Morgan fingerprint density at radius 3 is 2.60 bits per heavy atom. The van der Waals surface area contributed by atoms with Crippen LogP contribution in [0.5, 0.6) is 5.75 Å². The zero-order chi connectivity index (χ0) is 17.5. The molecule has 1 N–H and O–H groups in total. The summed E-state index contributed by atoms with van der Waals surface area (Å²) >= 11 is 0. The highest BCUT2D eigenvalue weighted by molar-refractivity contribution is 5.97. The van der Waals surface area contributed by atoms with E-state index in [4.69, 9.17) is 4.74 Å². The molecule has 0 spiro atoms. The Morgan fingerprint density at radius 2 is 1.72 bits per heavy atom. The Kier molecular flexibility index (Phi) is 5.68. The second-order valence-corrected chi connectivity index (χ2v) is 6.06. The number of nitrogens with one attached hydrogen (secondary N) is 1. The van der Waals surface area contributed by atoms with Crippen molar-refractivity contribution in [1.29, 1.82) is 0 Å². The molecule has 3 nitrogen and oxygen atoms in total. The van der Waals surface area contributed by atoms with Crippen molar-refractivity contribution in [3.8, 4) is 5.75 Å². The molecule has 0 heterocycles. The van der Waals surface area contributed by atoms with Crippen molar-refractivity contribution in [2.75, 3.05) is 11.9 Å². The van der Waals surface area contributed by atoms with Gasteiger partial charge in [-0.3, -0.25) is 4.79 Å². The molecular formula is C22H23NO2. The zero-order valence-corrected chi connectivity index (χ0v) is 14.5. The molecule has 0 atom stereocenters. The van der Waals surface area contributed by atoms with Crippen LogP contribution in [0.4, 0.5) is 5.69 Å². The molecule has 0 fully saturated rings. The molecule has 3 aromatic rings. The van der Waals surface area contributed by atoms with E-state index in [2.05, 4.69) is 30.4 Å². The van der Waals surface area contributed by atoms with Gasteiger partial charge in [0.25, 0.3) is 0 Å². The van der Waals surface area contributed by atoms with Crippen LogP contribution in [0.3, 0.4) is 0 Å². The summed E-state index contributed by atoms with van der Waals surface area (Å²) < 4.78 is 5.78. The number of benzene rings is 3. The lowest BCUT2D eigenvalue weighted by atomic mass is 10.0. The number of carbonyl (C=O) groups is 1. The molecule has 0 aliphatic carbocycles. The maximum atomic E-state index is 12.5. The lowest BCUT2D eigenvalue weighted by molar-refractivity contribution is -0.115. The van der Waals surface area contributed by atoms with Gasteiger partial charge in [-0.15, -0.1) is 0 Å².